The van der Waals surface area contributed by atoms with Crippen molar-refractivity contribution in [3.8, 4) is 39.6 Å². The zero-order valence-electron chi connectivity index (χ0n) is 52.3. The summed E-state index contributed by atoms with van der Waals surface area (Å²) in [5.74, 6) is 2.22. The van der Waals surface area contributed by atoms with Gasteiger partial charge >= 0.3 is 0 Å². The van der Waals surface area contributed by atoms with E-state index in [1.165, 1.54) is 66.3 Å². The first-order valence-corrected chi connectivity index (χ1v) is 35.6. The van der Waals surface area contributed by atoms with Crippen LogP contribution in [0.2, 0.25) is 13.1 Å². The second-order valence-corrected chi connectivity index (χ2v) is 37.2. The molecule has 3 aliphatic heterocycles. The largest absolute Gasteiger partial charge is 0.509 e. The first-order chi connectivity index (χ1) is 40.4. The number of rotatable bonds is 7. The second kappa shape index (κ2) is 20.4. The molecular weight excluding hydrogens is 1260 g/mol. The van der Waals surface area contributed by atoms with Crippen LogP contribution in [0.5, 0.6) is 11.5 Å². The van der Waals surface area contributed by atoms with E-state index in [0.29, 0.717) is 11.5 Å². The van der Waals surface area contributed by atoms with Crippen LogP contribution < -0.4 is 40.5 Å². The monoisotopic (exact) mass is 1340 g/mol. The molecule has 2 aromatic heterocycles. The summed E-state index contributed by atoms with van der Waals surface area (Å²) in [5.41, 5.74) is 17.7. The van der Waals surface area contributed by atoms with Gasteiger partial charge in [0.15, 0.2) is 0 Å². The van der Waals surface area contributed by atoms with Gasteiger partial charge < -0.3 is 19.1 Å². The molecule has 436 valence electrons. The molecule has 0 amide bonds. The third kappa shape index (κ3) is 9.11. The number of pyridine rings is 1. The van der Waals surface area contributed by atoms with Gasteiger partial charge in [0.2, 0.25) is 0 Å². The minimum absolute atomic E-state index is 0. The van der Waals surface area contributed by atoms with Crippen molar-refractivity contribution in [3.63, 3.8) is 0 Å². The number of hydrogen-bond acceptors (Lipinski definition) is 4. The predicted octanol–water partition coefficient (Wildman–Crippen LogP) is 17.0. The SMILES string of the molecule is CC(C)(C)c1cc(-c2cc(C(C)(C)C)cc(-c3ccccc3)c2N2[CH-]N(c3[c-]c(Oc4[c-]c5c6c(c4)[Si]4(c7ccccc7[Si](C)(C)c7ccccc74)C4CC=Cc(c64)n5-c4cc(C(C)(C)C)ccn4)ccc3)c3ccccc32)cc(C(C)(C)C)c1.[Pt]. The zero-order chi connectivity index (χ0) is 59.3. The molecule has 0 N–H and O–H groups in total. The molecule has 8 aromatic carbocycles. The number of para-hydroxylation sites is 2. The summed E-state index contributed by atoms with van der Waals surface area (Å²) in [7, 11) is -4.90. The molecule has 5 heterocycles. The fourth-order valence-corrected chi connectivity index (χ4v) is 26.3. The Morgan fingerprint density at radius 3 is 1.70 bits per heavy atom. The van der Waals surface area contributed by atoms with Crippen molar-refractivity contribution in [2.45, 2.75) is 130 Å². The molecule has 0 fully saturated rings. The van der Waals surface area contributed by atoms with Crippen molar-refractivity contribution in [3.05, 3.63) is 234 Å². The van der Waals surface area contributed by atoms with E-state index in [-0.39, 0.29) is 48.3 Å². The predicted molar refractivity (Wildman–Crippen MR) is 363 cm³/mol. The van der Waals surface area contributed by atoms with Gasteiger partial charge in [-0.15, -0.1) is 53.3 Å². The van der Waals surface area contributed by atoms with Gasteiger partial charge in [-0.05, 0) is 109 Å². The molecule has 0 saturated heterocycles. The van der Waals surface area contributed by atoms with E-state index in [1.54, 1.807) is 20.7 Å². The number of benzene rings is 8. The first-order valence-electron chi connectivity index (χ1n) is 30.5. The van der Waals surface area contributed by atoms with Crippen molar-refractivity contribution in [1.29, 1.82) is 0 Å². The van der Waals surface area contributed by atoms with E-state index in [2.05, 4.69) is 311 Å². The van der Waals surface area contributed by atoms with Gasteiger partial charge in [-0.3, -0.25) is 0 Å². The quantitative estimate of drug-likeness (QED) is 0.118. The van der Waals surface area contributed by atoms with E-state index in [4.69, 9.17) is 9.72 Å². The van der Waals surface area contributed by atoms with E-state index in [0.717, 1.165) is 40.5 Å². The summed E-state index contributed by atoms with van der Waals surface area (Å²) in [5, 5.41) is 9.00. The fraction of sp³-hybridized carbons (Fsp3) is 0.256. The summed E-state index contributed by atoms with van der Waals surface area (Å²) >= 11 is 0. The van der Waals surface area contributed by atoms with Crippen molar-refractivity contribution in [2.75, 3.05) is 9.80 Å². The van der Waals surface area contributed by atoms with Crippen molar-refractivity contribution >= 4 is 81.8 Å². The van der Waals surface area contributed by atoms with Crippen LogP contribution in [0.3, 0.4) is 0 Å². The van der Waals surface area contributed by atoms with Gasteiger partial charge in [0.05, 0.1) is 0 Å². The van der Waals surface area contributed by atoms with Gasteiger partial charge in [-0.2, -0.15) is 6.07 Å². The van der Waals surface area contributed by atoms with Gasteiger partial charge in [-0.25, -0.2) is 4.98 Å². The Kier molecular flexibility index (Phi) is 13.7. The third-order valence-corrected chi connectivity index (χ3v) is 28.5. The number of anilines is 4. The number of allylic oxidation sites excluding steroid dienone is 1. The van der Waals surface area contributed by atoms with Crippen molar-refractivity contribution in [1.82, 2.24) is 9.55 Å². The molecule has 14 rings (SSSR count). The molecule has 10 aromatic rings. The molecule has 1 unspecified atom stereocenters. The number of aromatic nitrogens is 2. The number of nitrogens with zero attached hydrogens (tertiary/aromatic N) is 4. The van der Waals surface area contributed by atoms with Crippen LogP contribution in [-0.2, 0) is 42.7 Å². The molecule has 0 radical (unpaired) electrons. The molecular formula is C78H77N4OPtSi2-3. The maximum Gasteiger partial charge on any atom is 0.135 e. The van der Waals surface area contributed by atoms with E-state index in [1.807, 2.05) is 6.20 Å². The maximum atomic E-state index is 7.36. The molecule has 4 aliphatic rings. The minimum Gasteiger partial charge on any atom is -0.509 e. The fourth-order valence-electron chi connectivity index (χ4n) is 14.5. The summed E-state index contributed by atoms with van der Waals surface area (Å²) < 4.78 is 9.75. The Balaban J connectivity index is 0.00000686. The van der Waals surface area contributed by atoms with Crippen molar-refractivity contribution in [2.24, 2.45) is 0 Å². The van der Waals surface area contributed by atoms with Crippen LogP contribution in [0.15, 0.2) is 182 Å². The van der Waals surface area contributed by atoms with Crippen molar-refractivity contribution < 1.29 is 25.8 Å². The molecule has 1 atom stereocenters. The molecule has 0 saturated carbocycles. The Labute approximate surface area is 527 Å². The van der Waals surface area contributed by atoms with Gasteiger partial charge in [0.1, 0.15) is 22.0 Å². The molecule has 5 nitrogen and oxygen atoms in total. The average molecular weight is 1340 g/mol. The Morgan fingerprint density at radius 2 is 1.08 bits per heavy atom. The molecule has 1 spiro atoms. The van der Waals surface area contributed by atoms with Gasteiger partial charge in [-0.1, -0.05) is 243 Å². The first kappa shape index (κ1) is 57.8. The number of hydrogen-bond donors (Lipinski definition) is 0. The molecule has 0 bridgehead atoms. The molecule has 8 heteroatoms. The van der Waals surface area contributed by atoms with Crippen LogP contribution in [0.4, 0.5) is 22.7 Å². The summed E-state index contributed by atoms with van der Waals surface area (Å²) in [4.78, 5) is 9.88. The van der Waals surface area contributed by atoms with E-state index in [9.17, 15) is 0 Å². The molecule has 1 aliphatic carbocycles. The van der Waals surface area contributed by atoms with Crippen LogP contribution >= 0.6 is 0 Å². The maximum absolute atomic E-state index is 7.36. The summed E-state index contributed by atoms with van der Waals surface area (Å²) in [6.45, 7) is 35.2. The summed E-state index contributed by atoms with van der Waals surface area (Å²) in [6.07, 6.45) is 7.76. The Hall–Kier alpha value is -7.29. The smallest absolute Gasteiger partial charge is 0.135 e. The standard InChI is InChI=1S/C78H77N4OSi2.Pt/c1-75(2,3)52-38-39-79-71(45-52)82-63-32-25-37-69-72(63)73-64(82)47-58(48-70(73)85(69)67-35-22-20-33-65(67)84(13,14)66-34-21-23-36-68(66)85)83-57-29-24-28-56(46-57)80-49-81(62-31-19-18-30-61(62)80)74-59(50-26-16-15-17-27-50)43-55(78(10,11)12)44-60(74)51-40-53(76(4,5)6)42-54(41-51)77(7,8)9;/h15-36,38-45,48-49,69H,37H2,1-14H3;/q-3;. The van der Waals surface area contributed by atoms with Crippen LogP contribution in [0.1, 0.15) is 129 Å². The second-order valence-electron chi connectivity index (χ2n) is 29.0. The minimum atomic E-state index is -2.81. The van der Waals surface area contributed by atoms with E-state index < -0.39 is 16.1 Å². The van der Waals surface area contributed by atoms with E-state index >= 15 is 0 Å². The van der Waals surface area contributed by atoms with Crippen LogP contribution in [0.25, 0.3) is 45.1 Å². The molecule has 86 heavy (non-hydrogen) atoms. The van der Waals surface area contributed by atoms with Crippen LogP contribution in [0, 0.1) is 18.8 Å². The van der Waals surface area contributed by atoms with Gasteiger partial charge in [0.25, 0.3) is 0 Å². The van der Waals surface area contributed by atoms with Gasteiger partial charge in [0, 0.05) is 72.6 Å². The number of ether oxygens (including phenoxy) is 1. The third-order valence-electron chi connectivity index (χ3n) is 19.0. The normalized spacial score (nSPS) is 16.3. The Morgan fingerprint density at radius 1 is 0.523 bits per heavy atom. The zero-order valence-corrected chi connectivity index (χ0v) is 56.5. The number of fused-ring (bicyclic) bond motifs is 7. The topological polar surface area (TPSA) is 33.5 Å². The van der Waals surface area contributed by atoms with Crippen LogP contribution in [-0.4, -0.2) is 25.7 Å². The Bertz CT molecular complexity index is 4310. The average Bonchev–Trinajstić information content (AvgIpc) is 1.45. The summed E-state index contributed by atoms with van der Waals surface area (Å²) in [6, 6.07) is 72.1.